The highest BCUT2D eigenvalue weighted by Crippen LogP contribution is 2.74. The average Bonchev–Trinajstić information content (AvgIpc) is 3.31. The van der Waals surface area contributed by atoms with E-state index in [0.29, 0.717) is 47.0 Å². The molecule has 0 spiro atoms. The van der Waals surface area contributed by atoms with Crippen LogP contribution in [0.4, 0.5) is 8.78 Å². The first-order valence-electron chi connectivity index (χ1n) is 16.5. The number of carbonyl (C=O) groups is 1. The number of aliphatic carboxylic acids is 1. The van der Waals surface area contributed by atoms with E-state index in [2.05, 4.69) is 41.5 Å². The first-order chi connectivity index (χ1) is 19.3. The average molecular weight is 568 g/mol. The van der Waals surface area contributed by atoms with E-state index in [-0.39, 0.29) is 22.3 Å². The fourth-order valence-electron chi connectivity index (χ4n) is 12.5. The molecule has 5 aliphatic rings. The predicted molar refractivity (Wildman–Crippen MR) is 160 cm³/mol. The normalized spacial score (nSPS) is 45.1. The van der Waals surface area contributed by atoms with Crippen LogP contribution in [0.15, 0.2) is 23.2 Å². The third-order valence-electron chi connectivity index (χ3n) is 14.2. The second-order valence-corrected chi connectivity index (χ2v) is 16.3. The molecule has 5 aliphatic carbocycles. The maximum atomic E-state index is 14.3. The number of benzene rings is 1. The summed E-state index contributed by atoms with van der Waals surface area (Å²) in [6.07, 6.45) is 12.4. The molecule has 1 aromatic carbocycles. The molecule has 0 amide bonds. The maximum Gasteiger partial charge on any atom is 0.309 e. The van der Waals surface area contributed by atoms with Gasteiger partial charge in [0, 0.05) is 17.8 Å². The van der Waals surface area contributed by atoms with Gasteiger partial charge in [-0.1, -0.05) is 41.5 Å². The zero-order valence-electron chi connectivity index (χ0n) is 26.1. The van der Waals surface area contributed by atoms with Crippen LogP contribution >= 0.6 is 0 Å². The fraction of sp³-hybridized carbons (Fsp3) is 0.778. The maximum absolute atomic E-state index is 14.3. The molecule has 0 radical (unpaired) electrons. The van der Waals surface area contributed by atoms with Crippen LogP contribution in [0.5, 0.6) is 0 Å². The molecule has 0 aliphatic heterocycles. The van der Waals surface area contributed by atoms with Crippen LogP contribution < -0.4 is 0 Å². The monoisotopic (exact) mass is 567 g/mol. The lowest BCUT2D eigenvalue weighted by Gasteiger charge is -2.69. The van der Waals surface area contributed by atoms with Gasteiger partial charge in [0.1, 0.15) is 11.6 Å². The highest BCUT2D eigenvalue weighted by Gasteiger charge is 2.68. The van der Waals surface area contributed by atoms with Gasteiger partial charge in [-0.3, -0.25) is 9.79 Å². The van der Waals surface area contributed by atoms with Gasteiger partial charge in [0.05, 0.1) is 11.5 Å². The highest BCUT2D eigenvalue weighted by molar-refractivity contribution is 5.80. The highest BCUT2D eigenvalue weighted by atomic mass is 19.1. The van der Waals surface area contributed by atoms with Crippen molar-refractivity contribution in [1.29, 1.82) is 0 Å². The van der Waals surface area contributed by atoms with E-state index < -0.39 is 23.0 Å². The lowest BCUT2D eigenvalue weighted by Crippen LogP contribution is -2.63. The summed E-state index contributed by atoms with van der Waals surface area (Å²) < 4.78 is 27.8. The molecule has 226 valence electrons. The number of carboxylic acid groups (broad SMARTS) is 1. The minimum atomic E-state index is -0.562. The van der Waals surface area contributed by atoms with Crippen molar-refractivity contribution in [2.75, 3.05) is 0 Å². The Balaban J connectivity index is 1.27. The Morgan fingerprint density at radius 3 is 2.32 bits per heavy atom. The summed E-state index contributed by atoms with van der Waals surface area (Å²) in [6, 6.07) is 3.83. The smallest absolute Gasteiger partial charge is 0.309 e. The van der Waals surface area contributed by atoms with E-state index in [1.54, 1.807) is 6.21 Å². The van der Waals surface area contributed by atoms with Crippen molar-refractivity contribution in [2.45, 2.75) is 112 Å². The number of carboxylic acids is 1. The van der Waals surface area contributed by atoms with Crippen LogP contribution in [0.3, 0.4) is 0 Å². The zero-order chi connectivity index (χ0) is 29.5. The summed E-state index contributed by atoms with van der Waals surface area (Å²) >= 11 is 0. The molecule has 5 heteroatoms. The van der Waals surface area contributed by atoms with Gasteiger partial charge in [0.2, 0.25) is 0 Å². The number of hydrogen-bond donors (Lipinski definition) is 1. The molecule has 6 rings (SSSR count). The van der Waals surface area contributed by atoms with Crippen molar-refractivity contribution in [3.63, 3.8) is 0 Å². The van der Waals surface area contributed by atoms with Gasteiger partial charge >= 0.3 is 5.97 Å². The van der Waals surface area contributed by atoms with E-state index in [4.69, 9.17) is 4.99 Å². The molecular formula is C36H51F2NO2. The quantitative estimate of drug-likeness (QED) is 0.369. The van der Waals surface area contributed by atoms with Crippen molar-refractivity contribution in [1.82, 2.24) is 0 Å². The lowest BCUT2D eigenvalue weighted by molar-refractivity contribution is -0.206. The Labute approximate surface area is 246 Å². The minimum absolute atomic E-state index is 0.0165. The van der Waals surface area contributed by atoms with Gasteiger partial charge in [-0.2, -0.15) is 0 Å². The Morgan fingerprint density at radius 1 is 0.927 bits per heavy atom. The van der Waals surface area contributed by atoms with Crippen LogP contribution in [-0.4, -0.2) is 23.3 Å². The Kier molecular flexibility index (Phi) is 7.06. The number of halogens is 2. The van der Waals surface area contributed by atoms with Gasteiger partial charge < -0.3 is 5.11 Å². The second kappa shape index (κ2) is 9.88. The van der Waals surface area contributed by atoms with Crippen LogP contribution in [0, 0.1) is 74.7 Å². The van der Waals surface area contributed by atoms with E-state index in [1.165, 1.54) is 37.8 Å². The first-order valence-corrected chi connectivity index (χ1v) is 16.5. The van der Waals surface area contributed by atoms with Crippen molar-refractivity contribution < 1.29 is 18.7 Å². The number of rotatable bonds is 4. The molecule has 0 saturated heterocycles. The van der Waals surface area contributed by atoms with Crippen LogP contribution in [0.25, 0.3) is 0 Å². The van der Waals surface area contributed by atoms with E-state index >= 15 is 0 Å². The minimum Gasteiger partial charge on any atom is -0.481 e. The van der Waals surface area contributed by atoms with Gasteiger partial charge in [0.15, 0.2) is 0 Å². The zero-order valence-corrected chi connectivity index (χ0v) is 26.1. The number of fused-ring (bicyclic) bond motifs is 7. The lowest BCUT2D eigenvalue weighted by atomic mass is 9.36. The van der Waals surface area contributed by atoms with Crippen molar-refractivity contribution in [2.24, 2.45) is 68.1 Å². The molecule has 3 nitrogen and oxygen atoms in total. The number of hydrogen-bond acceptors (Lipinski definition) is 2. The first kappa shape index (κ1) is 29.3. The van der Waals surface area contributed by atoms with Crippen molar-refractivity contribution >= 4 is 12.2 Å². The summed E-state index contributed by atoms with van der Waals surface area (Å²) in [5, 5.41) is 10.6. The van der Waals surface area contributed by atoms with Crippen LogP contribution in [0.1, 0.15) is 111 Å². The summed E-state index contributed by atoms with van der Waals surface area (Å²) in [7, 11) is 0. The van der Waals surface area contributed by atoms with Gasteiger partial charge in [-0.25, -0.2) is 8.78 Å². The standard InChI is InChI=1S/C36H51F2NO2/c1-21(2)24-11-17-36(32(40)41)18-12-26-25(31(24)36)9-10-29-34(26,5)15-13-28-33(3,4)30(14-16-35(28,29)6)39-20-22-7-8-23(37)19-27(22)38/h7-8,19-21,24-26,28-31H,9-18H2,1-6H3,(H,40,41)/t24?,25?,26?,28?,29?,30?,31?,34-,35-,36-/m0/s1. The second-order valence-electron chi connectivity index (χ2n) is 16.3. The molecule has 5 fully saturated rings. The molecule has 10 atom stereocenters. The molecule has 0 aromatic heterocycles. The largest absolute Gasteiger partial charge is 0.481 e. The molecule has 7 unspecified atom stereocenters. The third-order valence-corrected chi connectivity index (χ3v) is 14.2. The van der Waals surface area contributed by atoms with Crippen LogP contribution in [-0.2, 0) is 4.79 Å². The predicted octanol–water partition coefficient (Wildman–Crippen LogP) is 9.18. The van der Waals surface area contributed by atoms with Crippen molar-refractivity contribution in [3.05, 3.63) is 35.4 Å². The Bertz CT molecular complexity index is 1230. The molecule has 0 bridgehead atoms. The third kappa shape index (κ3) is 4.20. The van der Waals surface area contributed by atoms with E-state index in [1.807, 2.05) is 0 Å². The van der Waals surface area contributed by atoms with Gasteiger partial charge in [-0.05, 0) is 134 Å². The molecule has 5 saturated carbocycles. The molecule has 1 aromatic rings. The summed E-state index contributed by atoms with van der Waals surface area (Å²) in [5.74, 6) is 2.10. The Morgan fingerprint density at radius 2 is 1.63 bits per heavy atom. The van der Waals surface area contributed by atoms with E-state index in [0.717, 1.165) is 44.6 Å². The summed E-state index contributed by atoms with van der Waals surface area (Å²) in [5.41, 5.74) is 0.321. The molecule has 0 heterocycles. The topological polar surface area (TPSA) is 49.7 Å². The van der Waals surface area contributed by atoms with Crippen LogP contribution in [0.2, 0.25) is 0 Å². The SMILES string of the molecule is CC(C)C1CC[C@]2(C(=O)O)CCC3C(CCC4[C@@]3(C)CCC3C(C)(C)C(N=Cc5ccc(F)cc5F)CC[C@@]34C)C12. The summed E-state index contributed by atoms with van der Waals surface area (Å²) in [4.78, 5) is 17.8. The molecule has 1 N–H and O–H groups in total. The van der Waals surface area contributed by atoms with Gasteiger partial charge in [0.25, 0.3) is 0 Å². The molecular weight excluding hydrogens is 516 g/mol. The number of nitrogens with zero attached hydrogens (tertiary/aromatic N) is 1. The van der Waals surface area contributed by atoms with Gasteiger partial charge in [-0.15, -0.1) is 0 Å². The summed E-state index contributed by atoms with van der Waals surface area (Å²) in [6.45, 7) is 14.5. The molecule has 41 heavy (non-hydrogen) atoms. The van der Waals surface area contributed by atoms with Crippen molar-refractivity contribution in [3.8, 4) is 0 Å². The number of aliphatic imine (C=N–C) groups is 1. The fourth-order valence-corrected chi connectivity index (χ4v) is 12.5. The van der Waals surface area contributed by atoms with E-state index in [9.17, 15) is 18.7 Å². The Hall–Kier alpha value is -1.78.